The number of hydrogen-bond donors (Lipinski definition) is 0. The first-order chi connectivity index (χ1) is 6.57. The van der Waals surface area contributed by atoms with Crippen LogP contribution in [0.3, 0.4) is 0 Å². The monoisotopic (exact) mass is 326 g/mol. The highest BCUT2D eigenvalue weighted by molar-refractivity contribution is 14.1. The number of rotatable bonds is 8. The summed E-state index contributed by atoms with van der Waals surface area (Å²) in [7, 11) is 0. The fourth-order valence-corrected chi connectivity index (χ4v) is 1.62. The maximum absolute atomic E-state index is 12.9. The van der Waals surface area contributed by atoms with Crippen molar-refractivity contribution < 1.29 is 17.6 Å². The third kappa shape index (κ3) is 7.82. The van der Waals surface area contributed by atoms with Gasteiger partial charge in [0.15, 0.2) is 0 Å². The molecule has 0 saturated heterocycles. The Morgan fingerprint density at radius 3 is 1.86 bits per heavy atom. The van der Waals surface area contributed by atoms with Gasteiger partial charge in [-0.25, -0.2) is 17.6 Å². The van der Waals surface area contributed by atoms with E-state index in [9.17, 15) is 17.6 Å². The van der Waals surface area contributed by atoms with E-state index in [1.165, 1.54) is 0 Å². The Balaban J connectivity index is 3.49. The number of halogens is 5. The average Bonchev–Trinajstić information content (AvgIpc) is 2.14. The van der Waals surface area contributed by atoms with Crippen molar-refractivity contribution in [3.05, 3.63) is 0 Å². The normalized spacial score (nSPS) is 15.9. The highest BCUT2D eigenvalue weighted by Gasteiger charge is 2.21. The molecule has 14 heavy (non-hydrogen) atoms. The van der Waals surface area contributed by atoms with Crippen molar-refractivity contribution in [2.75, 3.05) is 4.43 Å². The predicted molar refractivity (Wildman–Crippen MR) is 57.8 cm³/mol. The zero-order valence-corrected chi connectivity index (χ0v) is 10.0. The molecule has 0 spiro atoms. The summed E-state index contributed by atoms with van der Waals surface area (Å²) in [5, 5.41) is 0. The van der Waals surface area contributed by atoms with Gasteiger partial charge in [0.2, 0.25) is 6.43 Å². The predicted octanol–water partition coefficient (Wildman–Crippen LogP) is 4.31. The van der Waals surface area contributed by atoms with Gasteiger partial charge in [0, 0.05) is 6.42 Å². The number of hydrogen-bond acceptors (Lipinski definition) is 0. The molecular weight excluding hydrogens is 311 g/mol. The van der Waals surface area contributed by atoms with Gasteiger partial charge in [-0.2, -0.15) is 0 Å². The van der Waals surface area contributed by atoms with Crippen LogP contribution >= 0.6 is 22.6 Å². The number of alkyl halides is 5. The fraction of sp³-hybridized carbons (Fsp3) is 1.00. The van der Waals surface area contributed by atoms with Gasteiger partial charge in [0.05, 0.1) is 0 Å². The van der Waals surface area contributed by atoms with Gasteiger partial charge in [-0.3, -0.25) is 0 Å². The second kappa shape index (κ2) is 8.73. The van der Waals surface area contributed by atoms with Crippen LogP contribution in [0.2, 0.25) is 0 Å². The quantitative estimate of drug-likeness (QED) is 0.270. The van der Waals surface area contributed by atoms with Crippen molar-refractivity contribution >= 4 is 22.6 Å². The molecule has 0 saturated carbocycles. The minimum absolute atomic E-state index is 0.146. The van der Waals surface area contributed by atoms with E-state index in [0.29, 0.717) is 6.42 Å². The van der Waals surface area contributed by atoms with Crippen molar-refractivity contribution in [3.8, 4) is 0 Å². The molecule has 0 nitrogen and oxygen atoms in total. The zero-order chi connectivity index (χ0) is 11.0. The van der Waals surface area contributed by atoms with Crippen molar-refractivity contribution in [2.45, 2.75) is 50.9 Å². The second-order valence-corrected chi connectivity index (χ2v) is 4.26. The van der Waals surface area contributed by atoms with Crippen LogP contribution in [0.1, 0.15) is 32.1 Å². The Hall–Kier alpha value is 0.450. The maximum atomic E-state index is 12.9. The van der Waals surface area contributed by atoms with Crippen LogP contribution in [0.5, 0.6) is 0 Å². The van der Waals surface area contributed by atoms with Crippen LogP contribution in [0.4, 0.5) is 17.6 Å². The molecule has 0 aromatic heterocycles. The lowest BCUT2D eigenvalue weighted by Crippen LogP contribution is -2.18. The molecule has 5 heteroatoms. The second-order valence-electron chi connectivity index (χ2n) is 3.19. The molecule has 0 fully saturated rings. The van der Waals surface area contributed by atoms with Gasteiger partial charge in [-0.15, -0.1) is 0 Å². The van der Waals surface area contributed by atoms with Crippen molar-refractivity contribution in [3.63, 3.8) is 0 Å². The summed E-state index contributed by atoms with van der Waals surface area (Å²) in [4.78, 5) is 0. The lowest BCUT2D eigenvalue weighted by Gasteiger charge is -2.12. The first kappa shape index (κ1) is 14.5. The average molecular weight is 326 g/mol. The summed E-state index contributed by atoms with van der Waals surface area (Å²) < 4.78 is 50.1. The summed E-state index contributed by atoms with van der Waals surface area (Å²) >= 11 is 2.16. The standard InChI is InChI=1S/C9H15F4I/c10-7(3-1-2-6-14)8(11)4-5-9(12)13/h7-9H,1-6H2. The van der Waals surface area contributed by atoms with Crippen LogP contribution < -0.4 is 0 Å². The lowest BCUT2D eigenvalue weighted by atomic mass is 10.1. The summed E-state index contributed by atoms with van der Waals surface area (Å²) in [6.07, 6.45) is -5.13. The Morgan fingerprint density at radius 2 is 1.36 bits per heavy atom. The highest BCUT2D eigenvalue weighted by Crippen LogP contribution is 2.18. The minimum Gasteiger partial charge on any atom is -0.244 e. The van der Waals surface area contributed by atoms with Crippen molar-refractivity contribution in [1.82, 2.24) is 0 Å². The van der Waals surface area contributed by atoms with E-state index in [2.05, 4.69) is 22.6 Å². The van der Waals surface area contributed by atoms with Crippen LogP contribution in [0.25, 0.3) is 0 Å². The maximum Gasteiger partial charge on any atom is 0.238 e. The molecule has 0 amide bonds. The molecule has 0 aromatic carbocycles. The van der Waals surface area contributed by atoms with E-state index >= 15 is 0 Å². The summed E-state index contributed by atoms with van der Waals surface area (Å²) in [6.45, 7) is 0. The van der Waals surface area contributed by atoms with Crippen LogP contribution in [0.15, 0.2) is 0 Å². The molecule has 2 unspecified atom stereocenters. The van der Waals surface area contributed by atoms with Gasteiger partial charge in [0.25, 0.3) is 0 Å². The van der Waals surface area contributed by atoms with Crippen LogP contribution in [-0.2, 0) is 0 Å². The zero-order valence-electron chi connectivity index (χ0n) is 7.86. The Morgan fingerprint density at radius 1 is 0.786 bits per heavy atom. The molecule has 0 heterocycles. The first-order valence-corrected chi connectivity index (χ1v) is 6.22. The van der Waals surface area contributed by atoms with E-state index in [4.69, 9.17) is 0 Å². The summed E-state index contributed by atoms with van der Waals surface area (Å²) in [5.41, 5.74) is 0. The molecular formula is C9H15F4I. The van der Waals surface area contributed by atoms with E-state index in [-0.39, 0.29) is 12.8 Å². The molecule has 2 atom stereocenters. The third-order valence-corrected chi connectivity index (χ3v) is 2.68. The van der Waals surface area contributed by atoms with Crippen molar-refractivity contribution in [2.24, 2.45) is 0 Å². The largest absolute Gasteiger partial charge is 0.244 e. The van der Waals surface area contributed by atoms with E-state index in [0.717, 1.165) is 10.8 Å². The smallest absolute Gasteiger partial charge is 0.238 e. The Kier molecular flexibility index (Phi) is 9.01. The minimum atomic E-state index is -2.53. The van der Waals surface area contributed by atoms with E-state index in [1.807, 2.05) is 0 Å². The van der Waals surface area contributed by atoms with E-state index in [1.54, 1.807) is 0 Å². The Bertz CT molecular complexity index is 132. The van der Waals surface area contributed by atoms with Gasteiger partial charge in [0.1, 0.15) is 12.3 Å². The molecule has 0 aromatic rings. The first-order valence-electron chi connectivity index (χ1n) is 4.70. The summed E-state index contributed by atoms with van der Waals surface area (Å²) in [5.74, 6) is 0. The van der Waals surface area contributed by atoms with Crippen molar-refractivity contribution in [1.29, 1.82) is 0 Å². The topological polar surface area (TPSA) is 0 Å². The molecule has 0 rings (SSSR count). The SMILES string of the molecule is FC(F)CCC(F)C(F)CCCCI. The molecule has 0 aliphatic rings. The molecule has 0 bridgehead atoms. The van der Waals surface area contributed by atoms with Crippen LogP contribution in [0, 0.1) is 0 Å². The van der Waals surface area contributed by atoms with Gasteiger partial charge in [-0.05, 0) is 30.1 Å². The van der Waals surface area contributed by atoms with Gasteiger partial charge < -0.3 is 0 Å². The van der Waals surface area contributed by atoms with Gasteiger partial charge in [-0.1, -0.05) is 22.6 Å². The van der Waals surface area contributed by atoms with E-state index < -0.39 is 25.2 Å². The third-order valence-electron chi connectivity index (χ3n) is 1.92. The number of unbranched alkanes of at least 4 members (excludes halogenated alkanes) is 1. The fourth-order valence-electron chi connectivity index (χ4n) is 1.08. The lowest BCUT2D eigenvalue weighted by molar-refractivity contribution is 0.0942. The summed E-state index contributed by atoms with van der Waals surface area (Å²) in [6, 6.07) is 0. The molecule has 0 aliphatic carbocycles. The van der Waals surface area contributed by atoms with Gasteiger partial charge >= 0.3 is 0 Å². The molecule has 0 radical (unpaired) electrons. The Labute approximate surface area is 95.6 Å². The highest BCUT2D eigenvalue weighted by atomic mass is 127. The molecule has 0 N–H and O–H groups in total. The molecule has 86 valence electrons. The van der Waals surface area contributed by atoms with Crippen LogP contribution in [-0.4, -0.2) is 23.2 Å². The molecule has 0 aliphatic heterocycles.